The van der Waals surface area contributed by atoms with Crippen molar-refractivity contribution in [3.63, 3.8) is 0 Å². The number of nitrogens with zero attached hydrogens (tertiary/aromatic N) is 2. The molecular weight excluding hydrogens is 376 g/mol. The molecule has 0 aliphatic rings. The minimum Gasteiger partial charge on any atom is -0.449 e. The molecule has 0 unspecified atom stereocenters. The Labute approximate surface area is 165 Å². The topological polar surface area (TPSA) is 91.2 Å². The smallest absolute Gasteiger partial charge is 0.294 e. The fraction of sp³-hybridized carbons (Fsp3) is 0.250. The highest BCUT2D eigenvalue weighted by molar-refractivity contribution is 7.09. The Hall–Kier alpha value is -2.97. The minimum absolute atomic E-state index is 0.0626. The number of hydrogen-bond acceptors (Lipinski definition) is 6. The highest BCUT2D eigenvalue weighted by Gasteiger charge is 2.15. The molecular formula is C20H20N4O3S. The highest BCUT2D eigenvalue weighted by atomic mass is 32.1. The number of rotatable bonds is 7. The van der Waals surface area contributed by atoms with Crippen molar-refractivity contribution < 1.29 is 9.21 Å². The first-order valence-electron chi connectivity index (χ1n) is 9.06. The summed E-state index contributed by atoms with van der Waals surface area (Å²) in [6, 6.07) is 11.4. The maximum Gasteiger partial charge on any atom is 0.294 e. The number of carbonyl (C=O) groups is 1. The standard InChI is InChI=1S/C20H20N4O3S/c1-2-24(12-17(25)21-10-13-6-5-9-28-13)11-16-22-18-14-7-3-4-8-15(14)27-19(18)20(26)23-16/h3-9H,2,10-12H2,1H3,(H,21,25)(H,22,23,26). The van der Waals surface area contributed by atoms with Crippen LogP contribution in [0.1, 0.15) is 17.6 Å². The average molecular weight is 396 g/mol. The van der Waals surface area contributed by atoms with Gasteiger partial charge >= 0.3 is 0 Å². The lowest BCUT2D eigenvalue weighted by molar-refractivity contribution is -0.122. The first kappa shape index (κ1) is 18.4. The molecule has 144 valence electrons. The molecule has 0 atom stereocenters. The van der Waals surface area contributed by atoms with E-state index in [0.717, 1.165) is 10.3 Å². The number of para-hydroxylation sites is 1. The number of likely N-dealkylation sites (N-methyl/N-ethyl adjacent to an activating group) is 1. The molecule has 3 heterocycles. The normalized spacial score (nSPS) is 11.5. The molecule has 1 amide bonds. The molecule has 2 N–H and O–H groups in total. The summed E-state index contributed by atoms with van der Waals surface area (Å²) in [6.45, 7) is 3.75. The third-order valence-corrected chi connectivity index (χ3v) is 5.38. The predicted molar refractivity (Wildman–Crippen MR) is 109 cm³/mol. The van der Waals surface area contributed by atoms with Gasteiger partial charge in [0, 0.05) is 10.3 Å². The van der Waals surface area contributed by atoms with Crippen LogP contribution in [0.3, 0.4) is 0 Å². The van der Waals surface area contributed by atoms with E-state index in [1.54, 1.807) is 11.3 Å². The number of benzene rings is 1. The van der Waals surface area contributed by atoms with Gasteiger partial charge in [-0.15, -0.1) is 11.3 Å². The molecule has 0 aliphatic heterocycles. The molecule has 0 aliphatic carbocycles. The van der Waals surface area contributed by atoms with E-state index in [2.05, 4.69) is 15.3 Å². The number of thiophene rings is 1. The number of carbonyl (C=O) groups excluding carboxylic acids is 1. The Morgan fingerprint density at radius 1 is 1.29 bits per heavy atom. The van der Waals surface area contributed by atoms with Gasteiger partial charge in [-0.1, -0.05) is 25.1 Å². The number of H-pyrrole nitrogens is 1. The van der Waals surface area contributed by atoms with Gasteiger partial charge < -0.3 is 14.7 Å². The van der Waals surface area contributed by atoms with Gasteiger partial charge in [-0.2, -0.15) is 0 Å². The number of aromatic amines is 1. The first-order chi connectivity index (χ1) is 13.6. The van der Waals surface area contributed by atoms with Gasteiger partial charge in [0.05, 0.1) is 19.6 Å². The van der Waals surface area contributed by atoms with Crippen molar-refractivity contribution in [1.29, 1.82) is 0 Å². The van der Waals surface area contributed by atoms with Crippen molar-refractivity contribution in [3.8, 4) is 0 Å². The summed E-state index contributed by atoms with van der Waals surface area (Å²) in [5, 5.41) is 5.71. The van der Waals surface area contributed by atoms with Crippen LogP contribution in [0.5, 0.6) is 0 Å². The van der Waals surface area contributed by atoms with Crippen molar-refractivity contribution >= 4 is 39.3 Å². The Morgan fingerprint density at radius 2 is 2.14 bits per heavy atom. The highest BCUT2D eigenvalue weighted by Crippen LogP contribution is 2.24. The fourth-order valence-corrected chi connectivity index (χ4v) is 3.72. The zero-order valence-corrected chi connectivity index (χ0v) is 16.2. The summed E-state index contributed by atoms with van der Waals surface area (Å²) >= 11 is 1.61. The van der Waals surface area contributed by atoms with Crippen LogP contribution in [-0.4, -0.2) is 33.9 Å². The van der Waals surface area contributed by atoms with Gasteiger partial charge in [0.1, 0.15) is 16.9 Å². The lowest BCUT2D eigenvalue weighted by Gasteiger charge is -2.19. The third-order valence-electron chi connectivity index (χ3n) is 4.51. The van der Waals surface area contributed by atoms with Crippen LogP contribution in [0, 0.1) is 0 Å². The number of fused-ring (bicyclic) bond motifs is 3. The van der Waals surface area contributed by atoms with Gasteiger partial charge in [-0.25, -0.2) is 4.98 Å². The van der Waals surface area contributed by atoms with Crippen molar-refractivity contribution in [2.24, 2.45) is 0 Å². The first-order valence-corrected chi connectivity index (χ1v) is 9.94. The Morgan fingerprint density at radius 3 is 2.93 bits per heavy atom. The monoisotopic (exact) mass is 396 g/mol. The summed E-state index contributed by atoms with van der Waals surface area (Å²) in [5.41, 5.74) is 1.09. The van der Waals surface area contributed by atoms with E-state index in [-0.39, 0.29) is 23.6 Å². The maximum atomic E-state index is 12.4. The fourth-order valence-electron chi connectivity index (χ4n) is 3.07. The molecule has 3 aromatic heterocycles. The summed E-state index contributed by atoms with van der Waals surface area (Å²) in [4.78, 5) is 35.1. The molecule has 0 saturated carbocycles. The van der Waals surface area contributed by atoms with Crippen LogP contribution in [0.4, 0.5) is 0 Å². The van der Waals surface area contributed by atoms with E-state index in [4.69, 9.17) is 4.42 Å². The molecule has 7 nitrogen and oxygen atoms in total. The van der Waals surface area contributed by atoms with E-state index < -0.39 is 0 Å². The van der Waals surface area contributed by atoms with Gasteiger partial charge in [0.2, 0.25) is 11.5 Å². The van der Waals surface area contributed by atoms with Crippen LogP contribution < -0.4 is 10.9 Å². The van der Waals surface area contributed by atoms with Crippen LogP contribution in [0.2, 0.25) is 0 Å². The number of amides is 1. The molecule has 0 spiro atoms. The Balaban J connectivity index is 1.50. The number of nitrogens with one attached hydrogen (secondary N) is 2. The predicted octanol–water partition coefficient (Wildman–Crippen LogP) is 2.87. The van der Waals surface area contributed by atoms with E-state index in [1.165, 1.54) is 0 Å². The molecule has 0 radical (unpaired) electrons. The zero-order chi connectivity index (χ0) is 19.5. The molecule has 0 saturated heterocycles. The van der Waals surface area contributed by atoms with Gasteiger partial charge in [0.15, 0.2) is 0 Å². The number of aromatic nitrogens is 2. The van der Waals surface area contributed by atoms with Crippen LogP contribution >= 0.6 is 11.3 Å². The van der Waals surface area contributed by atoms with E-state index >= 15 is 0 Å². The molecule has 8 heteroatoms. The third kappa shape index (κ3) is 3.83. The molecule has 0 fully saturated rings. The summed E-state index contributed by atoms with van der Waals surface area (Å²) in [6.07, 6.45) is 0. The average Bonchev–Trinajstić information content (AvgIpc) is 3.34. The summed E-state index contributed by atoms with van der Waals surface area (Å²) in [7, 11) is 0. The van der Waals surface area contributed by atoms with Gasteiger partial charge in [-0.3, -0.25) is 14.5 Å². The quantitative estimate of drug-likeness (QED) is 0.501. The zero-order valence-electron chi connectivity index (χ0n) is 15.4. The van der Waals surface area contributed by atoms with Crippen LogP contribution in [-0.2, 0) is 17.9 Å². The second-order valence-electron chi connectivity index (χ2n) is 6.45. The van der Waals surface area contributed by atoms with E-state index in [0.29, 0.717) is 36.6 Å². The molecule has 0 bridgehead atoms. The van der Waals surface area contributed by atoms with Crippen LogP contribution in [0.15, 0.2) is 51.0 Å². The van der Waals surface area contributed by atoms with Crippen molar-refractivity contribution in [2.45, 2.75) is 20.0 Å². The van der Waals surface area contributed by atoms with E-state index in [1.807, 2.05) is 53.6 Å². The van der Waals surface area contributed by atoms with Crippen LogP contribution in [0.25, 0.3) is 22.1 Å². The number of furan rings is 1. The second-order valence-corrected chi connectivity index (χ2v) is 7.48. The largest absolute Gasteiger partial charge is 0.449 e. The summed E-state index contributed by atoms with van der Waals surface area (Å²) < 4.78 is 5.62. The second kappa shape index (κ2) is 7.95. The van der Waals surface area contributed by atoms with Gasteiger partial charge in [-0.05, 0) is 30.1 Å². The lowest BCUT2D eigenvalue weighted by Crippen LogP contribution is -2.37. The lowest BCUT2D eigenvalue weighted by atomic mass is 10.2. The van der Waals surface area contributed by atoms with Crippen molar-refractivity contribution in [3.05, 3.63) is 62.8 Å². The SMILES string of the molecule is CCN(CC(=O)NCc1cccs1)Cc1nc2c(oc3ccccc32)c(=O)[nH]1. The molecule has 28 heavy (non-hydrogen) atoms. The Bertz CT molecular complexity index is 1160. The summed E-state index contributed by atoms with van der Waals surface area (Å²) in [5.74, 6) is 0.449. The van der Waals surface area contributed by atoms with Crippen molar-refractivity contribution in [1.82, 2.24) is 20.2 Å². The number of hydrogen-bond donors (Lipinski definition) is 2. The molecule has 4 rings (SSSR count). The van der Waals surface area contributed by atoms with Crippen molar-refractivity contribution in [2.75, 3.05) is 13.1 Å². The minimum atomic E-state index is -0.311. The van der Waals surface area contributed by atoms with E-state index in [9.17, 15) is 9.59 Å². The Kier molecular flexibility index (Phi) is 5.23. The molecule has 4 aromatic rings. The molecule has 1 aromatic carbocycles. The van der Waals surface area contributed by atoms with Gasteiger partial charge in [0.25, 0.3) is 5.56 Å². The maximum absolute atomic E-state index is 12.4.